The number of rotatable bonds is 4. The topological polar surface area (TPSA) is 60.9 Å². The fourth-order valence-corrected chi connectivity index (χ4v) is 4.07. The maximum atomic E-state index is 4.51. The molecule has 0 aliphatic carbocycles. The number of aromatic nitrogens is 4. The standard InChI is InChI=1S/C22H22N6/c1-3-7-17(8-4-1)20(18-9-5-2-6-10-18)27-11-13-28(14-12-27)22-19-21(24-15-23-19)25-16-26-22/h1-10,15-16,20H,11-14H2,(H,23,24,25,26). The third-order valence-corrected chi connectivity index (χ3v) is 5.41. The van der Waals surface area contributed by atoms with Gasteiger partial charge in [-0.05, 0) is 11.1 Å². The average Bonchev–Trinajstić information content (AvgIpc) is 3.25. The van der Waals surface area contributed by atoms with Gasteiger partial charge in [0.2, 0.25) is 0 Å². The van der Waals surface area contributed by atoms with E-state index in [1.54, 1.807) is 12.7 Å². The van der Waals surface area contributed by atoms with Gasteiger partial charge < -0.3 is 9.88 Å². The minimum Gasteiger partial charge on any atom is -0.352 e. The van der Waals surface area contributed by atoms with Crippen molar-refractivity contribution in [3.8, 4) is 0 Å². The maximum Gasteiger partial charge on any atom is 0.182 e. The highest BCUT2D eigenvalue weighted by atomic mass is 15.3. The molecule has 1 saturated heterocycles. The van der Waals surface area contributed by atoms with Crippen molar-refractivity contribution in [1.82, 2.24) is 24.8 Å². The quantitative estimate of drug-likeness (QED) is 0.597. The van der Waals surface area contributed by atoms with E-state index in [0.29, 0.717) is 0 Å². The van der Waals surface area contributed by atoms with Gasteiger partial charge in [-0.1, -0.05) is 60.7 Å². The molecule has 0 saturated carbocycles. The Morgan fingerprint density at radius 3 is 2.04 bits per heavy atom. The van der Waals surface area contributed by atoms with Crippen LogP contribution in [0.25, 0.3) is 11.2 Å². The lowest BCUT2D eigenvalue weighted by molar-refractivity contribution is 0.212. The second kappa shape index (κ2) is 7.40. The molecule has 1 fully saturated rings. The normalized spacial score (nSPS) is 15.4. The summed E-state index contributed by atoms with van der Waals surface area (Å²) in [6.07, 6.45) is 3.28. The summed E-state index contributed by atoms with van der Waals surface area (Å²) in [5.74, 6) is 0.943. The van der Waals surface area contributed by atoms with Gasteiger partial charge in [0.1, 0.15) is 11.8 Å². The number of nitrogens with zero attached hydrogens (tertiary/aromatic N) is 5. The van der Waals surface area contributed by atoms with Crippen LogP contribution < -0.4 is 4.90 Å². The summed E-state index contributed by atoms with van der Waals surface area (Å²) in [4.78, 5) is 21.1. The highest BCUT2D eigenvalue weighted by Gasteiger charge is 2.27. The van der Waals surface area contributed by atoms with Crippen LogP contribution in [0.15, 0.2) is 73.3 Å². The van der Waals surface area contributed by atoms with Crippen LogP contribution in [-0.2, 0) is 0 Å². The van der Waals surface area contributed by atoms with E-state index >= 15 is 0 Å². The van der Waals surface area contributed by atoms with Crippen molar-refractivity contribution in [2.24, 2.45) is 0 Å². The van der Waals surface area contributed by atoms with Crippen LogP contribution >= 0.6 is 0 Å². The smallest absolute Gasteiger partial charge is 0.182 e. The van der Waals surface area contributed by atoms with Gasteiger partial charge in [0, 0.05) is 26.2 Å². The largest absolute Gasteiger partial charge is 0.352 e. The number of hydrogen-bond donors (Lipinski definition) is 1. The number of piperazine rings is 1. The van der Waals surface area contributed by atoms with Crippen LogP contribution in [0.5, 0.6) is 0 Å². The molecular weight excluding hydrogens is 348 g/mol. The molecule has 1 aliphatic rings. The first kappa shape index (κ1) is 16.9. The van der Waals surface area contributed by atoms with Crippen molar-refractivity contribution in [2.45, 2.75) is 6.04 Å². The van der Waals surface area contributed by atoms with Crippen LogP contribution in [0.2, 0.25) is 0 Å². The van der Waals surface area contributed by atoms with E-state index in [-0.39, 0.29) is 6.04 Å². The Morgan fingerprint density at radius 2 is 1.39 bits per heavy atom. The second-order valence-corrected chi connectivity index (χ2v) is 7.05. The summed E-state index contributed by atoms with van der Waals surface area (Å²) in [6, 6.07) is 21.8. The zero-order valence-electron chi connectivity index (χ0n) is 15.6. The number of H-pyrrole nitrogens is 1. The summed E-state index contributed by atoms with van der Waals surface area (Å²) < 4.78 is 0. The lowest BCUT2D eigenvalue weighted by Gasteiger charge is -2.40. The summed E-state index contributed by atoms with van der Waals surface area (Å²) in [5.41, 5.74) is 4.30. The minimum atomic E-state index is 0.266. The van der Waals surface area contributed by atoms with Gasteiger partial charge in [0.15, 0.2) is 11.5 Å². The Morgan fingerprint density at radius 1 is 0.750 bits per heavy atom. The molecule has 28 heavy (non-hydrogen) atoms. The molecule has 1 aliphatic heterocycles. The predicted octanol–water partition coefficient (Wildman–Crippen LogP) is 3.26. The fourth-order valence-electron chi connectivity index (χ4n) is 4.07. The van der Waals surface area contributed by atoms with Crippen molar-refractivity contribution >= 4 is 17.0 Å². The summed E-state index contributed by atoms with van der Waals surface area (Å²) in [5, 5.41) is 0. The molecule has 0 amide bonds. The molecule has 1 N–H and O–H groups in total. The number of nitrogens with one attached hydrogen (secondary N) is 1. The van der Waals surface area contributed by atoms with Crippen molar-refractivity contribution in [1.29, 1.82) is 0 Å². The zero-order chi connectivity index (χ0) is 18.8. The van der Waals surface area contributed by atoms with Crippen LogP contribution in [0.3, 0.4) is 0 Å². The number of benzene rings is 2. The second-order valence-electron chi connectivity index (χ2n) is 7.05. The molecule has 0 atom stereocenters. The first-order valence-corrected chi connectivity index (χ1v) is 9.63. The lowest BCUT2D eigenvalue weighted by atomic mass is 9.96. The van der Waals surface area contributed by atoms with E-state index in [2.05, 4.69) is 90.4 Å². The molecule has 2 aromatic carbocycles. The molecule has 3 heterocycles. The van der Waals surface area contributed by atoms with Crippen LogP contribution in [-0.4, -0.2) is 51.0 Å². The van der Waals surface area contributed by atoms with Crippen LogP contribution in [0, 0.1) is 0 Å². The molecule has 0 spiro atoms. The van der Waals surface area contributed by atoms with Gasteiger partial charge in [-0.2, -0.15) is 0 Å². The van der Waals surface area contributed by atoms with Gasteiger partial charge in [0.25, 0.3) is 0 Å². The molecule has 0 bridgehead atoms. The molecule has 2 aromatic heterocycles. The molecule has 4 aromatic rings. The molecule has 5 rings (SSSR count). The predicted molar refractivity (Wildman–Crippen MR) is 110 cm³/mol. The molecule has 6 heteroatoms. The van der Waals surface area contributed by atoms with Gasteiger partial charge in [-0.3, -0.25) is 4.90 Å². The van der Waals surface area contributed by atoms with Crippen molar-refractivity contribution < 1.29 is 0 Å². The lowest BCUT2D eigenvalue weighted by Crippen LogP contribution is -2.48. The molecular formula is C22H22N6. The van der Waals surface area contributed by atoms with E-state index in [1.807, 2.05) is 0 Å². The number of hydrogen-bond acceptors (Lipinski definition) is 5. The molecule has 0 radical (unpaired) electrons. The average molecular weight is 370 g/mol. The van der Waals surface area contributed by atoms with Crippen molar-refractivity contribution in [2.75, 3.05) is 31.1 Å². The van der Waals surface area contributed by atoms with Crippen LogP contribution in [0.1, 0.15) is 17.2 Å². The van der Waals surface area contributed by atoms with E-state index < -0.39 is 0 Å². The summed E-state index contributed by atoms with van der Waals surface area (Å²) in [7, 11) is 0. The zero-order valence-corrected chi connectivity index (χ0v) is 15.6. The first-order valence-electron chi connectivity index (χ1n) is 9.63. The minimum absolute atomic E-state index is 0.266. The Kier molecular flexibility index (Phi) is 4.47. The highest BCUT2D eigenvalue weighted by Crippen LogP contribution is 2.30. The Labute approximate surface area is 163 Å². The van der Waals surface area contributed by atoms with Gasteiger partial charge in [-0.25, -0.2) is 15.0 Å². The number of imidazole rings is 1. The SMILES string of the molecule is c1ccc(C(c2ccccc2)N2CCN(c3ncnc4nc[nH]c34)CC2)cc1. The Bertz CT molecular complexity index is 999. The van der Waals surface area contributed by atoms with Crippen LogP contribution in [0.4, 0.5) is 5.82 Å². The molecule has 140 valence electrons. The van der Waals surface area contributed by atoms with Gasteiger partial charge in [0.05, 0.1) is 12.4 Å². The van der Waals surface area contributed by atoms with Gasteiger partial charge in [-0.15, -0.1) is 0 Å². The molecule has 0 unspecified atom stereocenters. The van der Waals surface area contributed by atoms with E-state index in [9.17, 15) is 0 Å². The van der Waals surface area contributed by atoms with Gasteiger partial charge >= 0.3 is 0 Å². The monoisotopic (exact) mass is 370 g/mol. The molecule has 6 nitrogen and oxygen atoms in total. The Balaban J connectivity index is 1.40. The number of aromatic amines is 1. The number of fused-ring (bicyclic) bond motifs is 1. The van der Waals surface area contributed by atoms with E-state index in [1.165, 1.54) is 11.1 Å². The fraction of sp³-hybridized carbons (Fsp3) is 0.227. The number of anilines is 1. The highest BCUT2D eigenvalue weighted by molar-refractivity contribution is 5.82. The summed E-state index contributed by atoms with van der Waals surface area (Å²) >= 11 is 0. The van der Waals surface area contributed by atoms with Crippen molar-refractivity contribution in [3.63, 3.8) is 0 Å². The third kappa shape index (κ3) is 3.12. The van der Waals surface area contributed by atoms with E-state index in [4.69, 9.17) is 0 Å². The first-order chi connectivity index (χ1) is 13.9. The Hall–Kier alpha value is -3.25. The van der Waals surface area contributed by atoms with E-state index in [0.717, 1.165) is 43.2 Å². The maximum absolute atomic E-state index is 4.51. The summed E-state index contributed by atoms with van der Waals surface area (Å²) in [6.45, 7) is 3.77. The van der Waals surface area contributed by atoms with Crippen molar-refractivity contribution in [3.05, 3.63) is 84.4 Å². The third-order valence-electron chi connectivity index (χ3n) is 5.41.